The highest BCUT2D eigenvalue weighted by Gasteiger charge is 2.04. The first-order valence-corrected chi connectivity index (χ1v) is 5.03. The molecule has 1 heterocycles. The Morgan fingerprint density at radius 2 is 2.47 bits per heavy atom. The zero-order chi connectivity index (χ0) is 11.1. The van der Waals surface area contributed by atoms with Crippen molar-refractivity contribution in [1.82, 2.24) is 4.98 Å². The molecule has 1 aromatic heterocycles. The summed E-state index contributed by atoms with van der Waals surface area (Å²) < 4.78 is 0. The highest BCUT2D eigenvalue weighted by molar-refractivity contribution is 5.49. The molecule has 78 valence electrons. The Morgan fingerprint density at radius 3 is 3.07 bits per heavy atom. The smallest absolute Gasteiger partial charge is 0.142 e. The Balaban J connectivity index is 2.89. The molecule has 0 unspecified atom stereocenters. The summed E-state index contributed by atoms with van der Waals surface area (Å²) in [5.41, 5.74) is 1.49. The molecule has 0 saturated carbocycles. The number of aromatic nitrogens is 1. The van der Waals surface area contributed by atoms with Crippen LogP contribution in [0.15, 0.2) is 31.0 Å². The van der Waals surface area contributed by atoms with Gasteiger partial charge < -0.3 is 4.90 Å². The van der Waals surface area contributed by atoms with Gasteiger partial charge in [0.1, 0.15) is 11.8 Å². The number of anilines is 1. The van der Waals surface area contributed by atoms with Crippen molar-refractivity contribution in [3.63, 3.8) is 0 Å². The highest BCUT2D eigenvalue weighted by atomic mass is 15.1. The third-order valence-electron chi connectivity index (χ3n) is 2.07. The van der Waals surface area contributed by atoms with Crippen molar-refractivity contribution in [2.75, 3.05) is 18.0 Å². The van der Waals surface area contributed by atoms with Gasteiger partial charge >= 0.3 is 0 Å². The van der Waals surface area contributed by atoms with E-state index in [4.69, 9.17) is 5.26 Å². The third-order valence-corrected chi connectivity index (χ3v) is 2.07. The van der Waals surface area contributed by atoms with Gasteiger partial charge in [-0.3, -0.25) is 0 Å². The molecule has 1 rings (SSSR count). The topological polar surface area (TPSA) is 39.9 Å². The Morgan fingerprint density at radius 1 is 1.67 bits per heavy atom. The molecule has 0 saturated heterocycles. The van der Waals surface area contributed by atoms with Gasteiger partial charge in [0, 0.05) is 25.0 Å². The van der Waals surface area contributed by atoms with Gasteiger partial charge in [-0.05, 0) is 18.6 Å². The van der Waals surface area contributed by atoms with Crippen LogP contribution in [0, 0.1) is 11.3 Å². The second kappa shape index (κ2) is 5.82. The van der Waals surface area contributed by atoms with Crippen molar-refractivity contribution in [3.8, 4) is 6.07 Å². The molecule has 0 aliphatic carbocycles. The molecule has 0 fully saturated rings. The van der Waals surface area contributed by atoms with Gasteiger partial charge in [-0.25, -0.2) is 4.98 Å². The maximum absolute atomic E-state index is 8.75. The lowest BCUT2D eigenvalue weighted by molar-refractivity contribution is 0.815. The van der Waals surface area contributed by atoms with Gasteiger partial charge in [0.25, 0.3) is 0 Å². The van der Waals surface area contributed by atoms with Crippen molar-refractivity contribution < 1.29 is 0 Å². The largest absolute Gasteiger partial charge is 0.368 e. The number of hydrogen-bond acceptors (Lipinski definition) is 3. The SMILES string of the molecule is C=CCN(CCC)c1ccnc(C#N)c1. The van der Waals surface area contributed by atoms with Gasteiger partial charge in [0.2, 0.25) is 0 Å². The molecule has 1 aromatic rings. The van der Waals surface area contributed by atoms with Gasteiger partial charge in [-0.15, -0.1) is 6.58 Å². The molecule has 0 spiro atoms. The van der Waals surface area contributed by atoms with E-state index >= 15 is 0 Å². The monoisotopic (exact) mass is 201 g/mol. The van der Waals surface area contributed by atoms with Crippen LogP contribution in [-0.4, -0.2) is 18.1 Å². The van der Waals surface area contributed by atoms with Crippen molar-refractivity contribution >= 4 is 5.69 Å². The molecule has 0 N–H and O–H groups in total. The minimum atomic E-state index is 0.456. The average molecular weight is 201 g/mol. The predicted molar refractivity (Wildman–Crippen MR) is 61.7 cm³/mol. The molecular weight excluding hydrogens is 186 g/mol. The normalized spacial score (nSPS) is 9.33. The summed E-state index contributed by atoms with van der Waals surface area (Å²) >= 11 is 0. The summed E-state index contributed by atoms with van der Waals surface area (Å²) in [6.45, 7) is 7.61. The second-order valence-corrected chi connectivity index (χ2v) is 3.25. The van der Waals surface area contributed by atoms with E-state index < -0.39 is 0 Å². The number of pyridine rings is 1. The van der Waals surface area contributed by atoms with E-state index in [9.17, 15) is 0 Å². The molecule has 15 heavy (non-hydrogen) atoms. The average Bonchev–Trinajstić information content (AvgIpc) is 2.29. The van der Waals surface area contributed by atoms with Crippen molar-refractivity contribution in [3.05, 3.63) is 36.7 Å². The lowest BCUT2D eigenvalue weighted by Gasteiger charge is -2.22. The van der Waals surface area contributed by atoms with Crippen molar-refractivity contribution in [1.29, 1.82) is 5.26 Å². The second-order valence-electron chi connectivity index (χ2n) is 3.25. The summed E-state index contributed by atoms with van der Waals surface area (Å²) in [4.78, 5) is 6.12. The molecule has 3 heteroatoms. The first-order chi connectivity index (χ1) is 7.31. The van der Waals surface area contributed by atoms with Gasteiger partial charge in [0.15, 0.2) is 0 Å². The Kier molecular flexibility index (Phi) is 4.36. The fourth-order valence-electron chi connectivity index (χ4n) is 1.43. The molecule has 0 aliphatic rings. The summed E-state index contributed by atoms with van der Waals surface area (Å²) in [6, 6.07) is 5.76. The van der Waals surface area contributed by atoms with E-state index in [-0.39, 0.29) is 0 Å². The zero-order valence-electron chi connectivity index (χ0n) is 8.98. The van der Waals surface area contributed by atoms with Crippen LogP contribution < -0.4 is 4.90 Å². The molecule has 0 atom stereocenters. The Labute approximate surface area is 90.7 Å². The number of hydrogen-bond donors (Lipinski definition) is 0. The lowest BCUT2D eigenvalue weighted by Crippen LogP contribution is -2.24. The Bertz CT molecular complexity index is 365. The van der Waals surface area contributed by atoms with Crippen LogP contribution in [0.4, 0.5) is 5.69 Å². The van der Waals surface area contributed by atoms with E-state index in [0.717, 1.165) is 25.2 Å². The van der Waals surface area contributed by atoms with Crippen LogP contribution in [-0.2, 0) is 0 Å². The van der Waals surface area contributed by atoms with E-state index in [1.54, 1.807) is 12.3 Å². The zero-order valence-corrected chi connectivity index (χ0v) is 8.98. The van der Waals surface area contributed by atoms with Crippen LogP contribution in [0.1, 0.15) is 19.0 Å². The van der Waals surface area contributed by atoms with Crippen LogP contribution in [0.5, 0.6) is 0 Å². The van der Waals surface area contributed by atoms with Crippen molar-refractivity contribution in [2.24, 2.45) is 0 Å². The highest BCUT2D eigenvalue weighted by Crippen LogP contribution is 2.14. The molecular formula is C12H15N3. The minimum absolute atomic E-state index is 0.456. The molecule has 3 nitrogen and oxygen atoms in total. The van der Waals surface area contributed by atoms with Crippen LogP contribution >= 0.6 is 0 Å². The lowest BCUT2D eigenvalue weighted by atomic mass is 10.2. The fraction of sp³-hybridized carbons (Fsp3) is 0.333. The van der Waals surface area contributed by atoms with E-state index in [1.165, 1.54) is 0 Å². The van der Waals surface area contributed by atoms with Crippen LogP contribution in [0.2, 0.25) is 0 Å². The number of nitrogens with zero attached hydrogens (tertiary/aromatic N) is 3. The predicted octanol–water partition coefficient (Wildman–Crippen LogP) is 2.36. The first kappa shape index (κ1) is 11.3. The molecule has 0 radical (unpaired) electrons. The quantitative estimate of drug-likeness (QED) is 0.686. The van der Waals surface area contributed by atoms with Crippen LogP contribution in [0.25, 0.3) is 0 Å². The molecule has 0 amide bonds. The van der Waals surface area contributed by atoms with Gasteiger partial charge in [-0.2, -0.15) is 5.26 Å². The maximum Gasteiger partial charge on any atom is 0.142 e. The molecule has 0 bridgehead atoms. The number of rotatable bonds is 5. The van der Waals surface area contributed by atoms with E-state index in [0.29, 0.717) is 5.69 Å². The van der Waals surface area contributed by atoms with Gasteiger partial charge in [-0.1, -0.05) is 13.0 Å². The van der Waals surface area contributed by atoms with E-state index in [1.807, 2.05) is 18.2 Å². The standard InChI is InChI=1S/C12H15N3/c1-3-7-15(8-4-2)12-5-6-14-11(9-12)10-13/h3,5-6,9H,1,4,7-8H2,2H3. The summed E-state index contributed by atoms with van der Waals surface area (Å²) in [5, 5.41) is 8.75. The Hall–Kier alpha value is -1.82. The number of nitriles is 1. The van der Waals surface area contributed by atoms with Crippen LogP contribution in [0.3, 0.4) is 0 Å². The maximum atomic E-state index is 8.75. The van der Waals surface area contributed by atoms with Crippen molar-refractivity contribution in [2.45, 2.75) is 13.3 Å². The molecule has 0 aromatic carbocycles. The summed E-state index contributed by atoms with van der Waals surface area (Å²) in [7, 11) is 0. The summed E-state index contributed by atoms with van der Waals surface area (Å²) in [6.07, 6.45) is 4.60. The fourth-order valence-corrected chi connectivity index (χ4v) is 1.43. The van der Waals surface area contributed by atoms with E-state index in [2.05, 4.69) is 23.4 Å². The summed E-state index contributed by atoms with van der Waals surface area (Å²) in [5.74, 6) is 0. The third kappa shape index (κ3) is 3.10. The van der Waals surface area contributed by atoms with Gasteiger partial charge in [0.05, 0.1) is 0 Å². The molecule has 0 aliphatic heterocycles. The minimum Gasteiger partial charge on any atom is -0.368 e. The first-order valence-electron chi connectivity index (χ1n) is 5.03.